The summed E-state index contributed by atoms with van der Waals surface area (Å²) in [5.74, 6) is 0. The first-order valence-corrected chi connectivity index (χ1v) is 12.9. The maximum Gasteiger partial charge on any atom is 0.135 e. The van der Waals surface area contributed by atoms with Gasteiger partial charge in [0, 0.05) is 59.0 Å². The number of rotatable bonds is 7. The summed E-state index contributed by atoms with van der Waals surface area (Å²) in [6, 6.07) is 22.3. The summed E-state index contributed by atoms with van der Waals surface area (Å²) in [4.78, 5) is 21.6. The van der Waals surface area contributed by atoms with Crippen molar-refractivity contribution in [2.75, 3.05) is 5.32 Å². The van der Waals surface area contributed by atoms with Crippen molar-refractivity contribution in [2.24, 2.45) is 0 Å². The number of nitrogens with zero attached hydrogens (tertiary/aromatic N) is 5. The van der Waals surface area contributed by atoms with Crippen LogP contribution in [0.3, 0.4) is 0 Å². The van der Waals surface area contributed by atoms with Crippen molar-refractivity contribution < 1.29 is 0 Å². The second-order valence-electron chi connectivity index (χ2n) is 9.59. The molecule has 6 heterocycles. The molecule has 8 nitrogen and oxygen atoms in total. The molecule has 0 saturated carbocycles. The predicted molar refractivity (Wildman–Crippen MR) is 158 cm³/mol. The Morgan fingerprint density at radius 3 is 2.55 bits per heavy atom. The molecular formula is C32H24N8. The van der Waals surface area contributed by atoms with Crippen LogP contribution in [0.15, 0.2) is 116 Å². The summed E-state index contributed by atoms with van der Waals surface area (Å²) in [5, 5.41) is 12.2. The average molecular weight is 521 g/mol. The molecule has 6 aromatic heterocycles. The number of fused-ring (bicyclic) bond motifs is 2. The van der Waals surface area contributed by atoms with Crippen LogP contribution in [0.5, 0.6) is 0 Å². The molecule has 0 aliphatic heterocycles. The van der Waals surface area contributed by atoms with Gasteiger partial charge in [-0.3, -0.25) is 20.1 Å². The van der Waals surface area contributed by atoms with Gasteiger partial charge in [-0.2, -0.15) is 5.10 Å². The molecule has 0 fully saturated rings. The molecule has 0 spiro atoms. The smallest absolute Gasteiger partial charge is 0.135 e. The van der Waals surface area contributed by atoms with Crippen molar-refractivity contribution in [1.82, 2.24) is 35.1 Å². The summed E-state index contributed by atoms with van der Waals surface area (Å²) < 4.78 is 0. The Labute approximate surface area is 229 Å². The first kappa shape index (κ1) is 23.5. The van der Waals surface area contributed by atoms with E-state index in [1.807, 2.05) is 73.3 Å². The molecule has 0 bridgehead atoms. The Hall–Kier alpha value is -5.63. The fraction of sp³-hybridized carbons (Fsp3) is 0.0312. The molecule has 7 rings (SSSR count). The van der Waals surface area contributed by atoms with Crippen molar-refractivity contribution >= 4 is 27.6 Å². The average Bonchev–Trinajstić information content (AvgIpc) is 3.62. The number of allylic oxidation sites excluding steroid dienone is 1. The minimum atomic E-state index is 0.732. The number of aromatic nitrogens is 7. The molecule has 8 heteroatoms. The van der Waals surface area contributed by atoms with Gasteiger partial charge in [0.1, 0.15) is 11.2 Å². The number of pyridine rings is 4. The third-order valence-electron chi connectivity index (χ3n) is 6.80. The van der Waals surface area contributed by atoms with Crippen molar-refractivity contribution in [3.05, 3.63) is 122 Å². The molecule has 0 aliphatic rings. The first-order valence-electron chi connectivity index (χ1n) is 12.9. The van der Waals surface area contributed by atoms with Gasteiger partial charge in [-0.15, -0.1) is 0 Å². The van der Waals surface area contributed by atoms with Gasteiger partial charge in [0.25, 0.3) is 0 Å². The van der Waals surface area contributed by atoms with Gasteiger partial charge in [0.15, 0.2) is 0 Å². The summed E-state index contributed by atoms with van der Waals surface area (Å²) in [6.45, 7) is 4.19. The van der Waals surface area contributed by atoms with Crippen LogP contribution in [0.2, 0.25) is 0 Å². The van der Waals surface area contributed by atoms with Crippen molar-refractivity contribution in [3.8, 4) is 33.8 Å². The molecule has 0 atom stereocenters. The zero-order valence-corrected chi connectivity index (χ0v) is 21.5. The second kappa shape index (κ2) is 9.92. The van der Waals surface area contributed by atoms with Crippen LogP contribution in [0, 0.1) is 0 Å². The van der Waals surface area contributed by atoms with Gasteiger partial charge in [0.05, 0.1) is 40.5 Å². The van der Waals surface area contributed by atoms with Crippen LogP contribution < -0.4 is 5.32 Å². The Kier molecular flexibility index (Phi) is 5.82. The number of aromatic amines is 2. The topological polar surface area (TPSA) is 108 Å². The number of hydrogen-bond donors (Lipinski definition) is 3. The maximum atomic E-state index is 4.99. The molecule has 40 heavy (non-hydrogen) atoms. The van der Waals surface area contributed by atoms with E-state index in [1.54, 1.807) is 12.4 Å². The third kappa shape index (κ3) is 4.48. The molecule has 0 unspecified atom stereocenters. The molecule has 0 amide bonds. The van der Waals surface area contributed by atoms with E-state index in [1.165, 1.54) is 5.56 Å². The lowest BCUT2D eigenvalue weighted by atomic mass is 10.1. The molecule has 3 N–H and O–H groups in total. The predicted octanol–water partition coefficient (Wildman–Crippen LogP) is 6.79. The molecule has 0 saturated heterocycles. The zero-order valence-electron chi connectivity index (χ0n) is 21.5. The van der Waals surface area contributed by atoms with E-state index in [0.717, 1.165) is 73.5 Å². The molecule has 1 aromatic carbocycles. The molecular weight excluding hydrogens is 496 g/mol. The third-order valence-corrected chi connectivity index (χ3v) is 6.80. The normalized spacial score (nSPS) is 11.2. The van der Waals surface area contributed by atoms with E-state index in [0.29, 0.717) is 0 Å². The van der Waals surface area contributed by atoms with Crippen molar-refractivity contribution in [1.29, 1.82) is 0 Å². The summed E-state index contributed by atoms with van der Waals surface area (Å²) in [6.07, 6.45) is 11.6. The highest BCUT2D eigenvalue weighted by molar-refractivity contribution is 5.99. The highest BCUT2D eigenvalue weighted by Crippen LogP contribution is 2.33. The van der Waals surface area contributed by atoms with E-state index in [-0.39, 0.29) is 0 Å². The highest BCUT2D eigenvalue weighted by atomic mass is 15.1. The van der Waals surface area contributed by atoms with Crippen LogP contribution in [0.1, 0.15) is 5.56 Å². The van der Waals surface area contributed by atoms with Gasteiger partial charge in [0.2, 0.25) is 0 Å². The fourth-order valence-electron chi connectivity index (χ4n) is 4.92. The monoisotopic (exact) mass is 520 g/mol. The molecule has 0 aliphatic carbocycles. The number of H-pyrrole nitrogens is 2. The van der Waals surface area contributed by atoms with Crippen LogP contribution >= 0.6 is 0 Å². The quantitative estimate of drug-likeness (QED) is 0.213. The van der Waals surface area contributed by atoms with Gasteiger partial charge < -0.3 is 10.3 Å². The Morgan fingerprint density at radius 1 is 0.800 bits per heavy atom. The standard InChI is InChI=1S/C32H24N8/c1-20(12-21-6-3-2-4-7-21)36-24-13-23(16-34-17-24)27-9-10-28-31(38-27)32(40-39-28)29-14-25-26(18-35-19-30(25)37-29)22-8-5-11-33-15-22/h2-11,13-19,36-37H,1,12H2,(H,39,40). The maximum absolute atomic E-state index is 4.99. The Morgan fingerprint density at radius 2 is 1.68 bits per heavy atom. The van der Waals surface area contributed by atoms with Crippen LogP contribution in [-0.4, -0.2) is 35.1 Å². The largest absolute Gasteiger partial charge is 0.358 e. The minimum absolute atomic E-state index is 0.732. The first-order chi connectivity index (χ1) is 19.7. The molecule has 192 valence electrons. The van der Waals surface area contributed by atoms with Crippen molar-refractivity contribution in [2.45, 2.75) is 6.42 Å². The van der Waals surface area contributed by atoms with Gasteiger partial charge in [-0.25, -0.2) is 4.98 Å². The summed E-state index contributed by atoms with van der Waals surface area (Å²) in [5.41, 5.74) is 10.8. The zero-order chi connectivity index (χ0) is 26.9. The van der Waals surface area contributed by atoms with Gasteiger partial charge >= 0.3 is 0 Å². The van der Waals surface area contributed by atoms with E-state index in [9.17, 15) is 0 Å². The molecule has 7 aromatic rings. The lowest BCUT2D eigenvalue weighted by Gasteiger charge is -2.11. The summed E-state index contributed by atoms with van der Waals surface area (Å²) >= 11 is 0. The van der Waals surface area contributed by atoms with Crippen LogP contribution in [0.4, 0.5) is 5.69 Å². The fourth-order valence-corrected chi connectivity index (χ4v) is 4.92. The van der Waals surface area contributed by atoms with E-state index >= 15 is 0 Å². The van der Waals surface area contributed by atoms with Gasteiger partial charge in [-0.05, 0) is 35.9 Å². The van der Waals surface area contributed by atoms with Crippen LogP contribution in [0.25, 0.3) is 55.7 Å². The van der Waals surface area contributed by atoms with E-state index < -0.39 is 0 Å². The van der Waals surface area contributed by atoms with Crippen molar-refractivity contribution in [3.63, 3.8) is 0 Å². The minimum Gasteiger partial charge on any atom is -0.358 e. The van der Waals surface area contributed by atoms with Gasteiger partial charge in [-0.1, -0.05) is 43.0 Å². The lowest BCUT2D eigenvalue weighted by molar-refractivity contribution is 1.12. The number of hydrogen-bond acceptors (Lipinski definition) is 6. The Balaban J connectivity index is 1.21. The Bertz CT molecular complexity index is 1970. The molecule has 0 radical (unpaired) electrons. The van der Waals surface area contributed by atoms with Crippen LogP contribution in [-0.2, 0) is 6.42 Å². The van der Waals surface area contributed by atoms with E-state index in [2.05, 4.69) is 60.2 Å². The van der Waals surface area contributed by atoms with E-state index in [4.69, 9.17) is 4.98 Å². The number of anilines is 1. The SMILES string of the molecule is C=C(Cc1ccccc1)Nc1cncc(-c2ccc3[nH]nc(-c4cc5c(-c6cccnc6)cncc5[nH]4)c3n2)c1. The highest BCUT2D eigenvalue weighted by Gasteiger charge is 2.16. The second-order valence-corrected chi connectivity index (χ2v) is 9.59. The summed E-state index contributed by atoms with van der Waals surface area (Å²) in [7, 11) is 0. The lowest BCUT2D eigenvalue weighted by Crippen LogP contribution is -2.02. The number of benzene rings is 1. The number of nitrogens with one attached hydrogen (secondary N) is 3.